The zero-order chi connectivity index (χ0) is 11.7. The molecule has 2 atom stereocenters. The van der Waals surface area contributed by atoms with Gasteiger partial charge in [-0.2, -0.15) is 11.8 Å². The summed E-state index contributed by atoms with van der Waals surface area (Å²) in [6.07, 6.45) is 7.13. The van der Waals surface area contributed by atoms with E-state index in [9.17, 15) is 0 Å². The predicted octanol–water partition coefficient (Wildman–Crippen LogP) is 2.34. The highest BCUT2D eigenvalue weighted by Crippen LogP contribution is 2.31. The molecule has 2 nitrogen and oxygen atoms in total. The topological polar surface area (TPSA) is 15.3 Å². The van der Waals surface area contributed by atoms with Crippen molar-refractivity contribution >= 4 is 11.8 Å². The standard InChI is InChI=1S/C14H26N2S/c1-11-8-14(10-17-11)16-6-4-13(5-7-16)15-9-12-2-3-12/h11-15H,2-10H2,1H3. The SMILES string of the molecule is CC1CC(N2CCC(NCC3CC3)CC2)CS1. The Kier molecular flexibility index (Phi) is 3.98. The van der Waals surface area contributed by atoms with Gasteiger partial charge in [-0.3, -0.25) is 4.90 Å². The van der Waals surface area contributed by atoms with Gasteiger partial charge in [-0.25, -0.2) is 0 Å². The molecule has 3 rings (SSSR count). The first-order valence-electron chi connectivity index (χ1n) is 7.40. The summed E-state index contributed by atoms with van der Waals surface area (Å²) in [6, 6.07) is 1.71. The molecular formula is C14H26N2S. The Morgan fingerprint density at radius 1 is 1.18 bits per heavy atom. The van der Waals surface area contributed by atoms with Crippen LogP contribution in [0.2, 0.25) is 0 Å². The Bertz CT molecular complexity index is 247. The number of hydrogen-bond acceptors (Lipinski definition) is 3. The monoisotopic (exact) mass is 254 g/mol. The lowest BCUT2D eigenvalue weighted by Gasteiger charge is -2.36. The maximum Gasteiger partial charge on any atom is 0.0196 e. The van der Waals surface area contributed by atoms with Crippen LogP contribution in [-0.4, -0.2) is 47.6 Å². The average Bonchev–Trinajstić information content (AvgIpc) is 3.09. The smallest absolute Gasteiger partial charge is 0.0196 e. The van der Waals surface area contributed by atoms with Crippen molar-refractivity contribution in [1.29, 1.82) is 0 Å². The summed E-state index contributed by atoms with van der Waals surface area (Å²) >= 11 is 2.16. The number of hydrogen-bond donors (Lipinski definition) is 1. The Hall–Kier alpha value is 0.270. The molecule has 0 aromatic rings. The van der Waals surface area contributed by atoms with E-state index < -0.39 is 0 Å². The van der Waals surface area contributed by atoms with Gasteiger partial charge in [0.1, 0.15) is 0 Å². The molecule has 0 spiro atoms. The molecule has 98 valence electrons. The molecule has 3 aliphatic rings. The van der Waals surface area contributed by atoms with Crippen LogP contribution in [0.1, 0.15) is 39.0 Å². The van der Waals surface area contributed by atoms with Crippen molar-refractivity contribution in [1.82, 2.24) is 10.2 Å². The average molecular weight is 254 g/mol. The minimum atomic E-state index is 0.818. The molecule has 0 bridgehead atoms. The Labute approximate surface area is 110 Å². The normalized spacial score (nSPS) is 36.5. The molecule has 1 N–H and O–H groups in total. The van der Waals surface area contributed by atoms with E-state index in [4.69, 9.17) is 0 Å². The first-order valence-corrected chi connectivity index (χ1v) is 8.45. The molecule has 1 aliphatic carbocycles. The first-order chi connectivity index (χ1) is 8.31. The van der Waals surface area contributed by atoms with Crippen molar-refractivity contribution < 1.29 is 0 Å². The second kappa shape index (κ2) is 5.50. The summed E-state index contributed by atoms with van der Waals surface area (Å²) in [5, 5.41) is 4.67. The molecule has 0 aromatic carbocycles. The lowest BCUT2D eigenvalue weighted by Crippen LogP contribution is -2.47. The number of nitrogens with one attached hydrogen (secondary N) is 1. The fourth-order valence-corrected chi connectivity index (χ4v) is 4.43. The molecule has 0 radical (unpaired) electrons. The minimum absolute atomic E-state index is 0.818. The molecule has 2 aliphatic heterocycles. The summed E-state index contributed by atoms with van der Waals surface area (Å²) in [4.78, 5) is 2.76. The maximum atomic E-state index is 3.77. The van der Waals surface area contributed by atoms with Crippen LogP contribution in [-0.2, 0) is 0 Å². The fraction of sp³-hybridized carbons (Fsp3) is 1.00. The predicted molar refractivity (Wildman–Crippen MR) is 75.6 cm³/mol. The fourth-order valence-electron chi connectivity index (χ4n) is 3.17. The minimum Gasteiger partial charge on any atom is -0.314 e. The van der Waals surface area contributed by atoms with Crippen LogP contribution >= 0.6 is 11.8 Å². The molecular weight excluding hydrogens is 228 g/mol. The second-order valence-corrected chi connectivity index (χ2v) is 7.67. The van der Waals surface area contributed by atoms with Crippen molar-refractivity contribution in [3.8, 4) is 0 Å². The summed E-state index contributed by atoms with van der Waals surface area (Å²) in [6.45, 7) is 6.34. The van der Waals surface area contributed by atoms with Gasteiger partial charge in [0.15, 0.2) is 0 Å². The maximum absolute atomic E-state index is 3.77. The van der Waals surface area contributed by atoms with Gasteiger partial charge in [0.05, 0.1) is 0 Å². The third-order valence-electron chi connectivity index (χ3n) is 4.62. The second-order valence-electron chi connectivity index (χ2n) is 6.20. The number of likely N-dealkylation sites (tertiary alicyclic amines) is 1. The zero-order valence-electron chi connectivity index (χ0n) is 11.0. The van der Waals surface area contributed by atoms with Gasteiger partial charge in [0.2, 0.25) is 0 Å². The van der Waals surface area contributed by atoms with Crippen LogP contribution < -0.4 is 5.32 Å². The van der Waals surface area contributed by atoms with E-state index in [-0.39, 0.29) is 0 Å². The van der Waals surface area contributed by atoms with Gasteiger partial charge in [0.25, 0.3) is 0 Å². The molecule has 0 aromatic heterocycles. The Morgan fingerprint density at radius 3 is 2.53 bits per heavy atom. The highest BCUT2D eigenvalue weighted by molar-refractivity contribution is 8.00. The molecule has 2 unspecified atom stereocenters. The Balaban J connectivity index is 1.37. The van der Waals surface area contributed by atoms with Crippen LogP contribution in [0.15, 0.2) is 0 Å². The highest BCUT2D eigenvalue weighted by Gasteiger charge is 2.30. The van der Waals surface area contributed by atoms with Gasteiger partial charge >= 0.3 is 0 Å². The van der Waals surface area contributed by atoms with Gasteiger partial charge in [-0.1, -0.05) is 6.92 Å². The number of thioether (sulfide) groups is 1. The third-order valence-corrected chi connectivity index (χ3v) is 5.95. The number of rotatable bonds is 4. The van der Waals surface area contributed by atoms with Crippen molar-refractivity contribution in [2.75, 3.05) is 25.4 Å². The van der Waals surface area contributed by atoms with Crippen molar-refractivity contribution in [3.63, 3.8) is 0 Å². The van der Waals surface area contributed by atoms with Crippen molar-refractivity contribution in [2.45, 2.75) is 56.4 Å². The number of nitrogens with zero attached hydrogens (tertiary/aromatic N) is 1. The largest absolute Gasteiger partial charge is 0.314 e. The molecule has 2 heterocycles. The van der Waals surface area contributed by atoms with Crippen molar-refractivity contribution in [3.05, 3.63) is 0 Å². The summed E-state index contributed by atoms with van der Waals surface area (Å²) in [5.41, 5.74) is 0. The molecule has 17 heavy (non-hydrogen) atoms. The molecule has 3 fully saturated rings. The van der Waals surface area contributed by atoms with Crippen LogP contribution in [0.25, 0.3) is 0 Å². The zero-order valence-corrected chi connectivity index (χ0v) is 11.8. The quantitative estimate of drug-likeness (QED) is 0.829. The van der Waals surface area contributed by atoms with Crippen molar-refractivity contribution in [2.24, 2.45) is 5.92 Å². The van der Waals surface area contributed by atoms with E-state index in [2.05, 4.69) is 28.9 Å². The first kappa shape index (κ1) is 12.3. The highest BCUT2D eigenvalue weighted by atomic mass is 32.2. The van der Waals surface area contributed by atoms with E-state index in [1.165, 1.54) is 57.5 Å². The third kappa shape index (κ3) is 3.39. The summed E-state index contributed by atoms with van der Waals surface area (Å²) in [5.74, 6) is 2.40. The summed E-state index contributed by atoms with van der Waals surface area (Å²) in [7, 11) is 0. The van der Waals surface area contributed by atoms with Gasteiger partial charge < -0.3 is 5.32 Å². The van der Waals surface area contributed by atoms with Crippen LogP contribution in [0, 0.1) is 5.92 Å². The summed E-state index contributed by atoms with van der Waals surface area (Å²) < 4.78 is 0. The van der Waals surface area contributed by atoms with E-state index in [1.807, 2.05) is 0 Å². The van der Waals surface area contributed by atoms with Gasteiger partial charge in [-0.05, 0) is 57.7 Å². The van der Waals surface area contributed by atoms with E-state index in [0.29, 0.717) is 0 Å². The van der Waals surface area contributed by atoms with Crippen LogP contribution in [0.3, 0.4) is 0 Å². The Morgan fingerprint density at radius 2 is 1.94 bits per heavy atom. The molecule has 3 heteroatoms. The van der Waals surface area contributed by atoms with Gasteiger partial charge in [0, 0.05) is 23.1 Å². The van der Waals surface area contributed by atoms with E-state index in [0.717, 1.165) is 23.3 Å². The lowest BCUT2D eigenvalue weighted by molar-refractivity contribution is 0.152. The van der Waals surface area contributed by atoms with E-state index in [1.54, 1.807) is 0 Å². The van der Waals surface area contributed by atoms with Crippen LogP contribution in [0.5, 0.6) is 0 Å². The van der Waals surface area contributed by atoms with E-state index >= 15 is 0 Å². The molecule has 0 amide bonds. The lowest BCUT2D eigenvalue weighted by atomic mass is 10.0. The number of piperidine rings is 1. The van der Waals surface area contributed by atoms with Crippen LogP contribution in [0.4, 0.5) is 0 Å². The molecule has 2 saturated heterocycles. The molecule has 1 saturated carbocycles. The van der Waals surface area contributed by atoms with Gasteiger partial charge in [-0.15, -0.1) is 0 Å².